The van der Waals surface area contributed by atoms with E-state index in [1.807, 2.05) is 29.7 Å². The van der Waals surface area contributed by atoms with Gasteiger partial charge in [0, 0.05) is 19.2 Å². The van der Waals surface area contributed by atoms with Crippen LogP contribution in [0.4, 0.5) is 0 Å². The highest BCUT2D eigenvalue weighted by Gasteiger charge is 2.11. The smallest absolute Gasteiger partial charge is 0.180 e. The van der Waals surface area contributed by atoms with Gasteiger partial charge in [0.15, 0.2) is 6.29 Å². The maximum Gasteiger partial charge on any atom is 0.180 e. The number of hydrogen-bond donors (Lipinski definition) is 2. The highest BCUT2D eigenvalue weighted by molar-refractivity contribution is 5.77. The Morgan fingerprint density at radius 1 is 1.53 bits per heavy atom. The number of hydrogen-bond acceptors (Lipinski definition) is 4. The molecule has 0 amide bonds. The molecule has 1 heterocycles. The molecule has 5 nitrogen and oxygen atoms in total. The summed E-state index contributed by atoms with van der Waals surface area (Å²) in [5.41, 5.74) is 8.24. The number of ether oxygens (including phenoxy) is 1. The molecule has 1 aromatic heterocycles. The Bertz CT molecular complexity index is 522. The van der Waals surface area contributed by atoms with Crippen molar-refractivity contribution in [2.45, 2.75) is 26.3 Å². The molecule has 0 radical (unpaired) electrons. The van der Waals surface area contributed by atoms with Gasteiger partial charge in [-0.05, 0) is 19.1 Å². The Morgan fingerprint density at radius 2 is 2.29 bits per heavy atom. The molecule has 0 aliphatic carbocycles. The summed E-state index contributed by atoms with van der Waals surface area (Å²) in [6.45, 7) is 3.25. The highest BCUT2D eigenvalue weighted by Crippen LogP contribution is 2.22. The van der Waals surface area contributed by atoms with E-state index in [2.05, 4.69) is 4.98 Å². The molecule has 92 valence electrons. The minimum Gasteiger partial charge on any atom is -0.364 e. The van der Waals surface area contributed by atoms with Gasteiger partial charge in [-0.1, -0.05) is 6.07 Å². The number of nitrogens with zero attached hydrogens (tertiary/aromatic N) is 2. The summed E-state index contributed by atoms with van der Waals surface area (Å²) >= 11 is 0. The Labute approximate surface area is 99.8 Å². The molecule has 0 spiro atoms. The topological polar surface area (TPSA) is 73.3 Å². The van der Waals surface area contributed by atoms with Crippen LogP contribution in [0, 0.1) is 0 Å². The second-order valence-corrected chi connectivity index (χ2v) is 3.81. The molecule has 0 aliphatic rings. The molecule has 5 heteroatoms. The fraction of sp³-hybridized carbons (Fsp3) is 0.417. The minimum atomic E-state index is -0.902. The molecule has 3 N–H and O–H groups in total. The number of aryl methyl sites for hydroxylation is 1. The maximum absolute atomic E-state index is 9.64. The number of aliphatic hydroxyl groups is 1. The molecule has 2 aromatic rings. The quantitative estimate of drug-likeness (QED) is 0.780. The van der Waals surface area contributed by atoms with Crippen LogP contribution in [0.15, 0.2) is 18.2 Å². The van der Waals surface area contributed by atoms with Crippen molar-refractivity contribution in [1.29, 1.82) is 0 Å². The van der Waals surface area contributed by atoms with Gasteiger partial charge in [-0.25, -0.2) is 4.98 Å². The molecule has 0 fully saturated rings. The lowest BCUT2D eigenvalue weighted by Gasteiger charge is -2.09. The van der Waals surface area contributed by atoms with Gasteiger partial charge in [-0.15, -0.1) is 0 Å². The molecule has 0 saturated heterocycles. The standard InChI is InChI=1S/C12H17N3O2/c1-3-15-10-6-8(12(16)17-2)4-5-9(10)14-11(15)7-13/h4-6,12,16H,3,7,13H2,1-2H3. The summed E-state index contributed by atoms with van der Waals surface area (Å²) in [6, 6.07) is 5.57. The van der Waals surface area contributed by atoms with E-state index in [1.54, 1.807) is 0 Å². The third-order valence-electron chi connectivity index (χ3n) is 2.86. The van der Waals surface area contributed by atoms with Crippen LogP contribution in [0.1, 0.15) is 24.6 Å². The number of benzene rings is 1. The lowest BCUT2D eigenvalue weighted by atomic mass is 10.2. The van der Waals surface area contributed by atoms with Gasteiger partial charge in [-0.2, -0.15) is 0 Å². The lowest BCUT2D eigenvalue weighted by molar-refractivity contribution is -0.0768. The van der Waals surface area contributed by atoms with Crippen LogP contribution in [0.5, 0.6) is 0 Å². The monoisotopic (exact) mass is 235 g/mol. The fourth-order valence-electron chi connectivity index (χ4n) is 1.99. The maximum atomic E-state index is 9.64. The Balaban J connectivity index is 2.58. The first kappa shape index (κ1) is 12.0. The molecular weight excluding hydrogens is 218 g/mol. The van der Waals surface area contributed by atoms with Gasteiger partial charge in [0.1, 0.15) is 5.82 Å². The first-order valence-corrected chi connectivity index (χ1v) is 5.61. The highest BCUT2D eigenvalue weighted by atomic mass is 16.6. The average Bonchev–Trinajstić information content (AvgIpc) is 2.74. The summed E-state index contributed by atoms with van der Waals surface area (Å²) in [5.74, 6) is 0.853. The predicted molar refractivity (Wildman–Crippen MR) is 65.3 cm³/mol. The van der Waals surface area contributed by atoms with Crippen molar-refractivity contribution in [3.8, 4) is 0 Å². The Kier molecular flexibility index (Phi) is 3.42. The summed E-state index contributed by atoms with van der Waals surface area (Å²) in [7, 11) is 1.47. The zero-order chi connectivity index (χ0) is 12.4. The van der Waals surface area contributed by atoms with Gasteiger partial charge in [-0.3, -0.25) is 0 Å². The van der Waals surface area contributed by atoms with Gasteiger partial charge in [0.25, 0.3) is 0 Å². The van der Waals surface area contributed by atoms with Crippen LogP contribution in [-0.2, 0) is 17.8 Å². The number of aliphatic hydroxyl groups excluding tert-OH is 1. The summed E-state index contributed by atoms with van der Waals surface area (Å²) in [4.78, 5) is 4.44. The van der Waals surface area contributed by atoms with E-state index in [-0.39, 0.29) is 0 Å². The molecule has 0 saturated carbocycles. The number of aromatic nitrogens is 2. The zero-order valence-corrected chi connectivity index (χ0v) is 10.1. The van der Waals surface area contributed by atoms with Gasteiger partial charge in [0.2, 0.25) is 0 Å². The van der Waals surface area contributed by atoms with E-state index in [4.69, 9.17) is 10.5 Å². The van der Waals surface area contributed by atoms with E-state index in [0.717, 1.165) is 29.0 Å². The lowest BCUT2D eigenvalue weighted by Crippen LogP contribution is -2.07. The third kappa shape index (κ3) is 2.04. The second kappa shape index (κ2) is 4.83. The van der Waals surface area contributed by atoms with Crippen LogP contribution in [0.2, 0.25) is 0 Å². The second-order valence-electron chi connectivity index (χ2n) is 3.81. The minimum absolute atomic E-state index is 0.407. The van der Waals surface area contributed by atoms with Crippen LogP contribution in [0.3, 0.4) is 0 Å². The Hall–Kier alpha value is -1.43. The molecular formula is C12H17N3O2. The fourth-order valence-corrected chi connectivity index (χ4v) is 1.99. The summed E-state index contributed by atoms with van der Waals surface area (Å²) < 4.78 is 6.94. The van der Waals surface area contributed by atoms with Crippen LogP contribution in [-0.4, -0.2) is 21.8 Å². The van der Waals surface area contributed by atoms with E-state index in [0.29, 0.717) is 6.54 Å². The Morgan fingerprint density at radius 3 is 2.88 bits per heavy atom. The molecule has 1 unspecified atom stereocenters. The SMILES string of the molecule is CCn1c(CN)nc2ccc(C(O)OC)cc21. The van der Waals surface area contributed by atoms with E-state index in [9.17, 15) is 5.11 Å². The average molecular weight is 235 g/mol. The van der Waals surface area contributed by atoms with Crippen molar-refractivity contribution in [2.75, 3.05) is 7.11 Å². The molecule has 17 heavy (non-hydrogen) atoms. The van der Waals surface area contributed by atoms with Crippen LogP contribution >= 0.6 is 0 Å². The van der Waals surface area contributed by atoms with Crippen molar-refractivity contribution in [3.05, 3.63) is 29.6 Å². The number of methoxy groups -OCH3 is 1. The molecule has 1 aromatic carbocycles. The van der Waals surface area contributed by atoms with E-state index in [1.165, 1.54) is 7.11 Å². The van der Waals surface area contributed by atoms with Crippen molar-refractivity contribution >= 4 is 11.0 Å². The largest absolute Gasteiger partial charge is 0.364 e. The van der Waals surface area contributed by atoms with Crippen LogP contribution < -0.4 is 5.73 Å². The molecule has 0 bridgehead atoms. The molecule has 1 atom stereocenters. The number of fused-ring (bicyclic) bond motifs is 1. The van der Waals surface area contributed by atoms with Gasteiger partial charge >= 0.3 is 0 Å². The summed E-state index contributed by atoms with van der Waals surface area (Å²) in [6.07, 6.45) is -0.902. The third-order valence-corrected chi connectivity index (χ3v) is 2.86. The van der Waals surface area contributed by atoms with Crippen molar-refractivity contribution in [3.63, 3.8) is 0 Å². The predicted octanol–water partition coefficient (Wildman–Crippen LogP) is 1.15. The zero-order valence-electron chi connectivity index (χ0n) is 10.1. The van der Waals surface area contributed by atoms with E-state index >= 15 is 0 Å². The summed E-state index contributed by atoms with van der Waals surface area (Å²) in [5, 5.41) is 9.64. The number of imidazole rings is 1. The first-order valence-electron chi connectivity index (χ1n) is 5.61. The first-order chi connectivity index (χ1) is 8.21. The van der Waals surface area contributed by atoms with Gasteiger partial charge < -0.3 is 20.1 Å². The molecule has 0 aliphatic heterocycles. The normalized spacial score (nSPS) is 13.2. The number of nitrogens with two attached hydrogens (primary N) is 1. The van der Waals surface area contributed by atoms with Crippen LogP contribution in [0.25, 0.3) is 11.0 Å². The van der Waals surface area contributed by atoms with Crippen molar-refractivity contribution in [2.24, 2.45) is 5.73 Å². The van der Waals surface area contributed by atoms with Gasteiger partial charge in [0.05, 0.1) is 17.6 Å². The van der Waals surface area contributed by atoms with Crippen molar-refractivity contribution in [1.82, 2.24) is 9.55 Å². The number of rotatable bonds is 4. The molecule has 2 rings (SSSR count). The van der Waals surface area contributed by atoms with E-state index < -0.39 is 6.29 Å². The van der Waals surface area contributed by atoms with Crippen molar-refractivity contribution < 1.29 is 9.84 Å².